The van der Waals surface area contributed by atoms with Crippen molar-refractivity contribution in [3.8, 4) is 0 Å². The highest BCUT2D eigenvalue weighted by molar-refractivity contribution is 7.80. The van der Waals surface area contributed by atoms with E-state index in [2.05, 4.69) is 10.6 Å². The summed E-state index contributed by atoms with van der Waals surface area (Å²) >= 11 is 5.13. The van der Waals surface area contributed by atoms with Crippen molar-refractivity contribution in [3.63, 3.8) is 0 Å². The number of ketones is 1. The number of Topliss-reactive ketones (excluding diaryl/α,β-unsaturated/α-hetero) is 1. The minimum absolute atomic E-state index is 0.00504. The van der Waals surface area contributed by atoms with Crippen LogP contribution < -0.4 is 10.6 Å². The van der Waals surface area contributed by atoms with Crippen molar-refractivity contribution in [1.82, 2.24) is 5.32 Å². The molecule has 1 aliphatic carbocycles. The molecule has 2 rings (SSSR count). The van der Waals surface area contributed by atoms with Crippen LogP contribution >= 0.6 is 12.2 Å². The maximum Gasteiger partial charge on any atom is 0.229 e. The normalized spacial score (nSPS) is 14.8. The Morgan fingerprint density at radius 1 is 1.25 bits per heavy atom. The first-order valence-corrected chi connectivity index (χ1v) is 7.20. The summed E-state index contributed by atoms with van der Waals surface area (Å²) in [5.41, 5.74) is 1.31. The second-order valence-electron chi connectivity index (χ2n) is 5.06. The number of amides is 1. The van der Waals surface area contributed by atoms with Gasteiger partial charge in [0, 0.05) is 17.2 Å². The smallest absolute Gasteiger partial charge is 0.229 e. The zero-order valence-corrected chi connectivity index (χ0v) is 12.3. The minimum atomic E-state index is -0.0114. The standard InChI is InChI=1S/C15H18N2O2S/c1-10(18)12-7-4-8-13(9-12)16-15(20)17-14(19)11-5-2-3-6-11/h4,7-9,11H,2-3,5-6H2,1H3,(H2,16,17,19,20). The van der Waals surface area contributed by atoms with Crippen molar-refractivity contribution in [3.05, 3.63) is 29.8 Å². The van der Waals surface area contributed by atoms with Gasteiger partial charge in [-0.05, 0) is 44.1 Å². The topological polar surface area (TPSA) is 58.2 Å². The van der Waals surface area contributed by atoms with Gasteiger partial charge in [0.2, 0.25) is 5.91 Å². The highest BCUT2D eigenvalue weighted by Gasteiger charge is 2.23. The fourth-order valence-corrected chi connectivity index (χ4v) is 2.60. The number of rotatable bonds is 3. The molecule has 106 valence electrons. The predicted octanol–water partition coefficient (Wildman–Crippen LogP) is 2.89. The average molecular weight is 290 g/mol. The number of nitrogens with one attached hydrogen (secondary N) is 2. The number of hydrogen-bond donors (Lipinski definition) is 2. The molecular weight excluding hydrogens is 272 g/mol. The van der Waals surface area contributed by atoms with Crippen LogP contribution in [-0.2, 0) is 4.79 Å². The third-order valence-electron chi connectivity index (χ3n) is 3.49. The summed E-state index contributed by atoms with van der Waals surface area (Å²) in [4.78, 5) is 23.2. The number of carbonyl (C=O) groups is 2. The van der Waals surface area contributed by atoms with Gasteiger partial charge in [-0.1, -0.05) is 25.0 Å². The number of hydrogen-bond acceptors (Lipinski definition) is 3. The van der Waals surface area contributed by atoms with Crippen LogP contribution in [0.25, 0.3) is 0 Å². The Morgan fingerprint density at radius 3 is 2.60 bits per heavy atom. The first-order valence-electron chi connectivity index (χ1n) is 6.79. The SMILES string of the molecule is CC(=O)c1cccc(NC(=S)NC(=O)C2CCCC2)c1. The van der Waals surface area contributed by atoms with Crippen LogP contribution in [0.1, 0.15) is 43.0 Å². The van der Waals surface area contributed by atoms with Gasteiger partial charge in [-0.15, -0.1) is 0 Å². The van der Waals surface area contributed by atoms with Crippen molar-refractivity contribution in [2.75, 3.05) is 5.32 Å². The lowest BCUT2D eigenvalue weighted by Gasteiger charge is -2.13. The van der Waals surface area contributed by atoms with Gasteiger partial charge in [0.15, 0.2) is 10.9 Å². The van der Waals surface area contributed by atoms with Gasteiger partial charge < -0.3 is 10.6 Å². The molecule has 1 aromatic rings. The van der Waals surface area contributed by atoms with E-state index in [0.29, 0.717) is 11.3 Å². The Labute approximate surface area is 123 Å². The van der Waals surface area contributed by atoms with Gasteiger partial charge in [0.05, 0.1) is 0 Å². The average Bonchev–Trinajstić information content (AvgIpc) is 2.92. The zero-order valence-electron chi connectivity index (χ0n) is 11.4. The van der Waals surface area contributed by atoms with E-state index >= 15 is 0 Å². The summed E-state index contributed by atoms with van der Waals surface area (Å²) in [6.07, 6.45) is 4.10. The molecular formula is C15H18N2O2S. The molecule has 0 heterocycles. The molecule has 0 aliphatic heterocycles. The van der Waals surface area contributed by atoms with Crippen LogP contribution in [0.2, 0.25) is 0 Å². The van der Waals surface area contributed by atoms with Gasteiger partial charge >= 0.3 is 0 Å². The molecule has 20 heavy (non-hydrogen) atoms. The molecule has 1 aliphatic rings. The van der Waals surface area contributed by atoms with Crippen molar-refractivity contribution < 1.29 is 9.59 Å². The number of thiocarbonyl (C=S) groups is 1. The summed E-state index contributed by atoms with van der Waals surface area (Å²) in [5, 5.41) is 5.93. The maximum absolute atomic E-state index is 11.9. The van der Waals surface area contributed by atoms with E-state index in [1.165, 1.54) is 6.92 Å². The maximum atomic E-state index is 11.9. The van der Waals surface area contributed by atoms with Gasteiger partial charge in [-0.25, -0.2) is 0 Å². The van der Waals surface area contributed by atoms with E-state index in [4.69, 9.17) is 12.2 Å². The third kappa shape index (κ3) is 3.87. The van der Waals surface area contributed by atoms with Gasteiger partial charge in [0.25, 0.3) is 0 Å². The first kappa shape index (κ1) is 14.7. The van der Waals surface area contributed by atoms with Crippen molar-refractivity contribution in [2.24, 2.45) is 5.92 Å². The third-order valence-corrected chi connectivity index (χ3v) is 3.69. The Bertz CT molecular complexity index is 536. The molecule has 0 bridgehead atoms. The fraction of sp³-hybridized carbons (Fsp3) is 0.400. The van der Waals surface area contributed by atoms with E-state index in [1.807, 2.05) is 0 Å². The molecule has 4 nitrogen and oxygen atoms in total. The second kappa shape index (κ2) is 6.61. The summed E-state index contributed by atoms with van der Waals surface area (Å²) < 4.78 is 0. The Morgan fingerprint density at radius 2 is 1.95 bits per heavy atom. The molecule has 1 fully saturated rings. The van der Waals surface area contributed by atoms with Crippen LogP contribution in [0.5, 0.6) is 0 Å². The van der Waals surface area contributed by atoms with E-state index < -0.39 is 0 Å². The lowest BCUT2D eigenvalue weighted by Crippen LogP contribution is -2.37. The molecule has 0 aromatic heterocycles. The first-order chi connectivity index (χ1) is 9.56. The highest BCUT2D eigenvalue weighted by atomic mass is 32.1. The summed E-state index contributed by atoms with van der Waals surface area (Å²) in [7, 11) is 0. The summed E-state index contributed by atoms with van der Waals surface area (Å²) in [6, 6.07) is 7.05. The quantitative estimate of drug-likeness (QED) is 0.664. The molecule has 0 unspecified atom stereocenters. The van der Waals surface area contributed by atoms with Crippen LogP contribution in [0, 0.1) is 5.92 Å². The molecule has 0 spiro atoms. The zero-order chi connectivity index (χ0) is 14.5. The second-order valence-corrected chi connectivity index (χ2v) is 5.47. The van der Waals surface area contributed by atoms with Gasteiger partial charge in [0.1, 0.15) is 0 Å². The minimum Gasteiger partial charge on any atom is -0.332 e. The largest absolute Gasteiger partial charge is 0.332 e. The number of anilines is 1. The van der Waals surface area contributed by atoms with Crippen molar-refractivity contribution >= 4 is 34.7 Å². The van der Waals surface area contributed by atoms with Gasteiger partial charge in [-0.2, -0.15) is 0 Å². The summed E-state index contributed by atoms with van der Waals surface area (Å²) in [5.74, 6) is 0.0654. The monoisotopic (exact) mass is 290 g/mol. The molecule has 1 aromatic carbocycles. The molecule has 0 saturated heterocycles. The molecule has 2 N–H and O–H groups in total. The Balaban J connectivity index is 1.92. The molecule has 1 saturated carbocycles. The van der Waals surface area contributed by atoms with E-state index in [9.17, 15) is 9.59 Å². The fourth-order valence-electron chi connectivity index (χ4n) is 2.38. The lowest BCUT2D eigenvalue weighted by atomic mass is 10.1. The molecule has 0 atom stereocenters. The van der Waals surface area contributed by atoms with E-state index in [-0.39, 0.29) is 22.7 Å². The van der Waals surface area contributed by atoms with Crippen LogP contribution in [0.15, 0.2) is 24.3 Å². The van der Waals surface area contributed by atoms with Crippen LogP contribution in [-0.4, -0.2) is 16.8 Å². The molecule has 0 radical (unpaired) electrons. The summed E-state index contributed by atoms with van der Waals surface area (Å²) in [6.45, 7) is 1.51. The van der Waals surface area contributed by atoms with Crippen LogP contribution in [0.4, 0.5) is 5.69 Å². The Hall–Kier alpha value is -1.75. The highest BCUT2D eigenvalue weighted by Crippen LogP contribution is 2.24. The molecule has 1 amide bonds. The Kier molecular flexibility index (Phi) is 4.84. The predicted molar refractivity (Wildman–Crippen MR) is 82.8 cm³/mol. The van der Waals surface area contributed by atoms with Crippen LogP contribution in [0.3, 0.4) is 0 Å². The van der Waals surface area contributed by atoms with E-state index in [0.717, 1.165) is 25.7 Å². The van der Waals surface area contributed by atoms with Gasteiger partial charge in [-0.3, -0.25) is 9.59 Å². The molecule has 5 heteroatoms. The number of carbonyl (C=O) groups excluding carboxylic acids is 2. The van der Waals surface area contributed by atoms with Crippen molar-refractivity contribution in [2.45, 2.75) is 32.6 Å². The lowest BCUT2D eigenvalue weighted by molar-refractivity contribution is -0.123. The van der Waals surface area contributed by atoms with E-state index in [1.54, 1.807) is 24.3 Å². The number of benzene rings is 1. The van der Waals surface area contributed by atoms with Crippen molar-refractivity contribution in [1.29, 1.82) is 0 Å².